The summed E-state index contributed by atoms with van der Waals surface area (Å²) in [6.07, 6.45) is 0.292. The van der Waals surface area contributed by atoms with Crippen LogP contribution in [0.1, 0.15) is 12.8 Å². The fourth-order valence-corrected chi connectivity index (χ4v) is 6.92. The first-order valence-electron chi connectivity index (χ1n) is 14.0. The number of nitrogens with one attached hydrogen (secondary N) is 2. The monoisotopic (exact) mass is 563 g/mol. The van der Waals surface area contributed by atoms with E-state index < -0.39 is 36.1 Å². The van der Waals surface area contributed by atoms with Crippen molar-refractivity contribution in [3.63, 3.8) is 0 Å². The molecule has 0 spiro atoms. The van der Waals surface area contributed by atoms with E-state index in [9.17, 15) is 18.9 Å². The van der Waals surface area contributed by atoms with Crippen LogP contribution in [-0.4, -0.2) is 116 Å². The minimum atomic E-state index is -1.41. The Balaban J connectivity index is 1.25. The van der Waals surface area contributed by atoms with Crippen molar-refractivity contribution in [1.29, 1.82) is 0 Å². The molecule has 40 heavy (non-hydrogen) atoms. The predicted octanol–water partition coefficient (Wildman–Crippen LogP) is 0.262. The van der Waals surface area contributed by atoms with Crippen LogP contribution in [0.15, 0.2) is 17.6 Å². The van der Waals surface area contributed by atoms with Crippen LogP contribution >= 0.6 is 0 Å². The van der Waals surface area contributed by atoms with Crippen molar-refractivity contribution in [1.82, 2.24) is 25.0 Å². The third-order valence-electron chi connectivity index (χ3n) is 8.91. The molecule has 1 aromatic rings. The third kappa shape index (κ3) is 5.80. The number of rotatable bonds is 7. The number of alkyl halides is 1. The molecule has 0 radical (unpaired) electrons. The summed E-state index contributed by atoms with van der Waals surface area (Å²) in [6, 6.07) is 0. The van der Waals surface area contributed by atoms with Crippen molar-refractivity contribution in [2.24, 2.45) is 34.6 Å². The molecule has 5 rings (SSSR count). The summed E-state index contributed by atoms with van der Waals surface area (Å²) in [6.45, 7) is 4.60. The van der Waals surface area contributed by atoms with E-state index in [0.717, 1.165) is 32.4 Å². The number of aromatic nitrogens is 1. The van der Waals surface area contributed by atoms with Crippen LogP contribution in [0, 0.1) is 34.4 Å². The molecule has 4 aliphatic heterocycles. The Morgan fingerprint density at radius 2 is 1.80 bits per heavy atom. The number of carbonyl (C=O) groups excluding carboxylic acids is 2. The Kier molecular flexibility index (Phi) is 8.59. The molecule has 6 unspecified atom stereocenters. The first kappa shape index (κ1) is 28.7. The van der Waals surface area contributed by atoms with Crippen molar-refractivity contribution >= 4 is 23.2 Å². The average molecular weight is 564 g/mol. The summed E-state index contributed by atoms with van der Waals surface area (Å²) in [5, 5.41) is 8.47. The van der Waals surface area contributed by atoms with Gasteiger partial charge in [-0.05, 0) is 38.8 Å². The molecule has 12 nitrogen and oxygen atoms in total. The minimum Gasteiger partial charge on any atom is -0.367 e. The quantitative estimate of drug-likeness (QED) is 0.399. The van der Waals surface area contributed by atoms with Crippen LogP contribution < -0.4 is 21.3 Å². The van der Waals surface area contributed by atoms with E-state index in [1.165, 1.54) is 6.20 Å². The fourth-order valence-electron chi connectivity index (χ4n) is 6.92. The lowest BCUT2D eigenvalue weighted by atomic mass is 9.94. The number of pyridine rings is 1. The smallest absolute Gasteiger partial charge is 0.234 e. The maximum absolute atomic E-state index is 15.1. The number of likely N-dealkylation sites (tertiary alicyclic amines) is 2. The summed E-state index contributed by atoms with van der Waals surface area (Å²) in [7, 11) is 3.74. The van der Waals surface area contributed by atoms with Crippen LogP contribution in [0.4, 0.5) is 20.2 Å². The maximum Gasteiger partial charge on any atom is 0.234 e. The van der Waals surface area contributed by atoms with Gasteiger partial charge in [0, 0.05) is 58.3 Å². The Hall–Kier alpha value is -2.81. The summed E-state index contributed by atoms with van der Waals surface area (Å²) >= 11 is 0. The molecule has 6 atom stereocenters. The number of nitroso groups, excluding NO2 is 1. The molecule has 4 saturated heterocycles. The summed E-state index contributed by atoms with van der Waals surface area (Å²) in [5.74, 6) is -1.28. The Morgan fingerprint density at radius 1 is 1.12 bits per heavy atom. The van der Waals surface area contributed by atoms with E-state index in [0.29, 0.717) is 37.8 Å². The van der Waals surface area contributed by atoms with E-state index in [2.05, 4.69) is 32.7 Å². The molecular formula is C26H39F2N9O3. The molecule has 0 saturated carbocycles. The molecule has 0 aliphatic carbocycles. The highest BCUT2D eigenvalue weighted by Gasteiger charge is 2.43. The highest BCUT2D eigenvalue weighted by Crippen LogP contribution is 2.35. The molecule has 0 bridgehead atoms. The number of fused-ring (bicyclic) bond motifs is 1. The lowest BCUT2D eigenvalue weighted by Crippen LogP contribution is -2.62. The van der Waals surface area contributed by atoms with E-state index in [-0.39, 0.29) is 36.3 Å². The SMILES string of the molecule is CN1CC2CN(C(=O)C3CCN(c4c(F)cncc4NC(=O)C(C(N)N=O)C4NCC(F)CN4C)CC3)CC2C1. The second-order valence-corrected chi connectivity index (χ2v) is 11.8. The molecule has 4 N–H and O–H groups in total. The van der Waals surface area contributed by atoms with Crippen molar-refractivity contribution in [3.05, 3.63) is 23.1 Å². The first-order valence-corrected chi connectivity index (χ1v) is 14.0. The van der Waals surface area contributed by atoms with Crippen LogP contribution in [-0.2, 0) is 9.59 Å². The number of nitrogens with two attached hydrogens (primary N) is 1. The molecule has 14 heteroatoms. The van der Waals surface area contributed by atoms with Gasteiger partial charge in [0.05, 0.1) is 24.2 Å². The van der Waals surface area contributed by atoms with Gasteiger partial charge in [-0.15, -0.1) is 4.91 Å². The average Bonchev–Trinajstić information content (AvgIpc) is 3.47. The number of hydrogen-bond acceptors (Lipinski definition) is 10. The van der Waals surface area contributed by atoms with Crippen LogP contribution in [0.3, 0.4) is 0 Å². The predicted molar refractivity (Wildman–Crippen MR) is 145 cm³/mol. The number of hydrogen-bond donors (Lipinski definition) is 3. The molecule has 1 aromatic heterocycles. The number of amides is 2. The second-order valence-electron chi connectivity index (χ2n) is 11.8. The Bertz CT molecular complexity index is 1090. The normalized spacial score (nSPS) is 29.7. The van der Waals surface area contributed by atoms with Crippen LogP contribution in [0.5, 0.6) is 0 Å². The zero-order valence-electron chi connectivity index (χ0n) is 23.0. The molecular weight excluding hydrogens is 524 g/mol. The zero-order chi connectivity index (χ0) is 28.6. The number of nitrogens with zero attached hydrogens (tertiary/aromatic N) is 6. The fraction of sp³-hybridized carbons (Fsp3) is 0.731. The number of halogens is 2. The van der Waals surface area contributed by atoms with Crippen molar-refractivity contribution in [3.8, 4) is 0 Å². The lowest BCUT2D eigenvalue weighted by molar-refractivity contribution is -0.135. The van der Waals surface area contributed by atoms with Gasteiger partial charge in [0.15, 0.2) is 12.0 Å². The minimum absolute atomic E-state index is 0.000584. The van der Waals surface area contributed by atoms with Gasteiger partial charge in [-0.2, -0.15) is 0 Å². The maximum atomic E-state index is 15.1. The van der Waals surface area contributed by atoms with Crippen LogP contribution in [0.2, 0.25) is 0 Å². The van der Waals surface area contributed by atoms with E-state index in [4.69, 9.17) is 5.73 Å². The third-order valence-corrected chi connectivity index (χ3v) is 8.91. The summed E-state index contributed by atoms with van der Waals surface area (Å²) in [4.78, 5) is 49.7. The Labute approximate surface area is 232 Å². The standard InChI is InChI=1S/C26H39F2N9O3/c1-34-10-16-12-37(13-17(16)11-34)26(39)15-3-5-36(6-4-15)22-19(28)8-30-9-20(22)32-25(38)21(23(29)33-40)24-31-7-18(27)14-35(24)2/h8-9,15-18,21,23-24,31H,3-7,10-14,29H2,1-2H3,(H,32,38). The van der Waals surface area contributed by atoms with Gasteiger partial charge in [0.2, 0.25) is 11.8 Å². The van der Waals surface area contributed by atoms with E-state index in [1.807, 2.05) is 9.80 Å². The summed E-state index contributed by atoms with van der Waals surface area (Å²) in [5.41, 5.74) is 6.21. The van der Waals surface area contributed by atoms with Gasteiger partial charge in [-0.1, -0.05) is 5.18 Å². The number of anilines is 2. The van der Waals surface area contributed by atoms with Gasteiger partial charge in [-0.3, -0.25) is 24.8 Å². The van der Waals surface area contributed by atoms with E-state index >= 15 is 4.39 Å². The molecule has 220 valence electrons. The van der Waals surface area contributed by atoms with Crippen LogP contribution in [0.25, 0.3) is 0 Å². The molecule has 2 amide bonds. The highest BCUT2D eigenvalue weighted by molar-refractivity contribution is 5.96. The topological polar surface area (TPSA) is 140 Å². The number of piperidine rings is 1. The van der Waals surface area contributed by atoms with Crippen molar-refractivity contribution < 1.29 is 18.4 Å². The van der Waals surface area contributed by atoms with Gasteiger partial charge in [0.1, 0.15) is 17.8 Å². The van der Waals surface area contributed by atoms with E-state index in [1.54, 1.807) is 11.9 Å². The molecule has 5 heterocycles. The largest absolute Gasteiger partial charge is 0.367 e. The zero-order valence-corrected chi connectivity index (χ0v) is 23.0. The van der Waals surface area contributed by atoms with Gasteiger partial charge < -0.3 is 25.8 Å². The van der Waals surface area contributed by atoms with Crippen molar-refractivity contribution in [2.75, 3.05) is 76.7 Å². The second kappa shape index (κ2) is 12.0. The lowest BCUT2D eigenvalue weighted by Gasteiger charge is -2.40. The first-order chi connectivity index (χ1) is 19.2. The molecule has 4 fully saturated rings. The highest BCUT2D eigenvalue weighted by atomic mass is 19.1. The number of carbonyl (C=O) groups is 2. The van der Waals surface area contributed by atoms with Gasteiger partial charge >= 0.3 is 0 Å². The molecule has 0 aromatic carbocycles. The Morgan fingerprint density at radius 3 is 2.42 bits per heavy atom. The van der Waals surface area contributed by atoms with Gasteiger partial charge in [-0.25, -0.2) is 8.78 Å². The van der Waals surface area contributed by atoms with Gasteiger partial charge in [0.25, 0.3) is 0 Å². The summed E-state index contributed by atoms with van der Waals surface area (Å²) < 4.78 is 29.0. The van der Waals surface area contributed by atoms with Crippen molar-refractivity contribution in [2.45, 2.75) is 31.3 Å². The molecule has 4 aliphatic rings.